The highest BCUT2D eigenvalue weighted by atomic mass is 16.5. The zero-order chi connectivity index (χ0) is 15.1. The molecule has 1 atom stereocenters. The molecule has 0 amide bonds. The van der Waals surface area contributed by atoms with Crippen LogP contribution in [0.3, 0.4) is 0 Å². The second-order valence-corrected chi connectivity index (χ2v) is 4.71. The van der Waals surface area contributed by atoms with E-state index in [-0.39, 0.29) is 0 Å². The Kier molecular flexibility index (Phi) is 5.44. The Labute approximate surface area is 124 Å². The standard InChI is InChI=1S/C13H21N7O/c1-4-14-11-17-12(15-8-10(2)9-21-3)19-13(18-11)20-7-5-6-16-20/h5-7,10H,4,8-9H2,1-3H3,(H2,14,15,17,18,19). The Morgan fingerprint density at radius 3 is 2.62 bits per heavy atom. The Morgan fingerprint density at radius 1 is 1.24 bits per heavy atom. The third-order valence-electron chi connectivity index (χ3n) is 2.73. The average molecular weight is 291 g/mol. The summed E-state index contributed by atoms with van der Waals surface area (Å²) in [5, 5.41) is 10.4. The predicted octanol–water partition coefficient (Wildman–Crippen LogP) is 1.18. The van der Waals surface area contributed by atoms with Gasteiger partial charge in [0.1, 0.15) is 0 Å². The first-order valence-corrected chi connectivity index (χ1v) is 6.95. The number of hydrogen-bond donors (Lipinski definition) is 2. The van der Waals surface area contributed by atoms with Gasteiger partial charge in [-0.2, -0.15) is 20.1 Å². The van der Waals surface area contributed by atoms with Crippen molar-refractivity contribution in [2.45, 2.75) is 13.8 Å². The van der Waals surface area contributed by atoms with Gasteiger partial charge in [-0.3, -0.25) is 0 Å². The second-order valence-electron chi connectivity index (χ2n) is 4.71. The summed E-state index contributed by atoms with van der Waals surface area (Å²) in [4.78, 5) is 13.0. The van der Waals surface area contributed by atoms with Crippen LogP contribution in [0.1, 0.15) is 13.8 Å². The van der Waals surface area contributed by atoms with E-state index in [1.165, 1.54) is 0 Å². The minimum Gasteiger partial charge on any atom is -0.384 e. The van der Waals surface area contributed by atoms with Gasteiger partial charge < -0.3 is 15.4 Å². The van der Waals surface area contributed by atoms with Crippen molar-refractivity contribution in [1.82, 2.24) is 24.7 Å². The maximum Gasteiger partial charge on any atom is 0.257 e. The van der Waals surface area contributed by atoms with Gasteiger partial charge in [-0.05, 0) is 18.9 Å². The fraction of sp³-hybridized carbons (Fsp3) is 0.538. The van der Waals surface area contributed by atoms with Crippen molar-refractivity contribution in [1.29, 1.82) is 0 Å². The van der Waals surface area contributed by atoms with Crippen LogP contribution in [0.25, 0.3) is 5.95 Å². The summed E-state index contributed by atoms with van der Waals surface area (Å²) < 4.78 is 6.72. The summed E-state index contributed by atoms with van der Waals surface area (Å²) in [7, 11) is 1.69. The van der Waals surface area contributed by atoms with Gasteiger partial charge in [-0.25, -0.2) is 4.68 Å². The Hall–Kier alpha value is -2.22. The summed E-state index contributed by atoms with van der Waals surface area (Å²) in [6.07, 6.45) is 3.48. The molecule has 114 valence electrons. The normalized spacial score (nSPS) is 12.1. The van der Waals surface area contributed by atoms with Crippen molar-refractivity contribution in [3.63, 3.8) is 0 Å². The van der Waals surface area contributed by atoms with Crippen LogP contribution in [0, 0.1) is 5.92 Å². The molecule has 0 bridgehead atoms. The highest BCUT2D eigenvalue weighted by Crippen LogP contribution is 2.09. The first kappa shape index (κ1) is 15.2. The minimum absolute atomic E-state index is 0.363. The van der Waals surface area contributed by atoms with E-state index in [9.17, 15) is 0 Å². The number of anilines is 2. The molecule has 0 saturated heterocycles. The third-order valence-corrected chi connectivity index (χ3v) is 2.73. The number of nitrogens with zero attached hydrogens (tertiary/aromatic N) is 5. The molecule has 8 heteroatoms. The van der Waals surface area contributed by atoms with Crippen molar-refractivity contribution in [3.05, 3.63) is 18.5 Å². The van der Waals surface area contributed by atoms with Gasteiger partial charge in [-0.15, -0.1) is 0 Å². The molecular weight excluding hydrogens is 270 g/mol. The summed E-state index contributed by atoms with van der Waals surface area (Å²) in [6.45, 7) is 6.23. The van der Waals surface area contributed by atoms with Crippen molar-refractivity contribution in [2.75, 3.05) is 37.4 Å². The van der Waals surface area contributed by atoms with Crippen LogP contribution < -0.4 is 10.6 Å². The van der Waals surface area contributed by atoms with Gasteiger partial charge in [-0.1, -0.05) is 6.92 Å². The van der Waals surface area contributed by atoms with Gasteiger partial charge in [0.2, 0.25) is 11.9 Å². The van der Waals surface area contributed by atoms with Crippen LogP contribution in [0.5, 0.6) is 0 Å². The molecule has 0 aliphatic heterocycles. The quantitative estimate of drug-likeness (QED) is 0.755. The predicted molar refractivity (Wildman–Crippen MR) is 80.6 cm³/mol. The molecule has 8 nitrogen and oxygen atoms in total. The molecule has 0 radical (unpaired) electrons. The molecule has 0 aliphatic rings. The highest BCUT2D eigenvalue weighted by Gasteiger charge is 2.09. The number of aromatic nitrogens is 5. The van der Waals surface area contributed by atoms with Crippen molar-refractivity contribution in [3.8, 4) is 5.95 Å². The molecule has 0 saturated carbocycles. The van der Waals surface area contributed by atoms with E-state index in [0.717, 1.165) is 13.1 Å². The van der Waals surface area contributed by atoms with E-state index in [1.807, 2.05) is 13.0 Å². The average Bonchev–Trinajstić information content (AvgIpc) is 3.00. The monoisotopic (exact) mass is 291 g/mol. The molecule has 1 unspecified atom stereocenters. The number of methoxy groups -OCH3 is 1. The van der Waals surface area contributed by atoms with E-state index in [1.54, 1.807) is 24.2 Å². The first-order valence-electron chi connectivity index (χ1n) is 6.95. The highest BCUT2D eigenvalue weighted by molar-refractivity contribution is 5.37. The molecule has 2 aromatic heterocycles. The molecular formula is C13H21N7O. The van der Waals surface area contributed by atoms with Gasteiger partial charge in [0.25, 0.3) is 5.95 Å². The van der Waals surface area contributed by atoms with Gasteiger partial charge in [0, 0.05) is 32.6 Å². The number of hydrogen-bond acceptors (Lipinski definition) is 7. The van der Waals surface area contributed by atoms with Crippen molar-refractivity contribution in [2.24, 2.45) is 5.92 Å². The van der Waals surface area contributed by atoms with Gasteiger partial charge in [0.05, 0.1) is 6.61 Å². The van der Waals surface area contributed by atoms with E-state index in [2.05, 4.69) is 37.6 Å². The van der Waals surface area contributed by atoms with Crippen LogP contribution in [-0.4, -0.2) is 51.5 Å². The molecule has 2 N–H and O–H groups in total. The smallest absolute Gasteiger partial charge is 0.257 e. The molecule has 0 spiro atoms. The Bertz CT molecular complexity index is 543. The zero-order valence-electron chi connectivity index (χ0n) is 12.6. The summed E-state index contributed by atoms with van der Waals surface area (Å²) in [5.74, 6) is 1.89. The number of nitrogens with one attached hydrogen (secondary N) is 2. The first-order chi connectivity index (χ1) is 10.2. The largest absolute Gasteiger partial charge is 0.384 e. The van der Waals surface area contributed by atoms with Crippen LogP contribution in [-0.2, 0) is 4.74 Å². The fourth-order valence-electron chi connectivity index (χ4n) is 1.78. The maximum atomic E-state index is 5.12. The lowest BCUT2D eigenvalue weighted by Gasteiger charge is -2.13. The van der Waals surface area contributed by atoms with Crippen LogP contribution in [0.15, 0.2) is 18.5 Å². The SMILES string of the molecule is CCNc1nc(NCC(C)COC)nc(-n2cccn2)n1. The Balaban J connectivity index is 2.16. The second kappa shape index (κ2) is 7.53. The van der Waals surface area contributed by atoms with E-state index < -0.39 is 0 Å². The van der Waals surface area contributed by atoms with Gasteiger partial charge in [0.15, 0.2) is 0 Å². The molecule has 0 aromatic carbocycles. The summed E-state index contributed by atoms with van der Waals surface area (Å²) in [6, 6.07) is 1.82. The van der Waals surface area contributed by atoms with E-state index in [4.69, 9.17) is 4.74 Å². The summed E-state index contributed by atoms with van der Waals surface area (Å²) >= 11 is 0. The van der Waals surface area contributed by atoms with Gasteiger partial charge >= 0.3 is 0 Å². The lowest BCUT2D eigenvalue weighted by atomic mass is 10.2. The van der Waals surface area contributed by atoms with E-state index >= 15 is 0 Å². The molecule has 0 fully saturated rings. The fourth-order valence-corrected chi connectivity index (χ4v) is 1.78. The number of ether oxygens (including phenoxy) is 1. The summed E-state index contributed by atoms with van der Waals surface area (Å²) in [5.41, 5.74) is 0. The molecule has 2 heterocycles. The lowest BCUT2D eigenvalue weighted by Crippen LogP contribution is -2.19. The lowest BCUT2D eigenvalue weighted by molar-refractivity contribution is 0.164. The van der Waals surface area contributed by atoms with Crippen LogP contribution >= 0.6 is 0 Å². The molecule has 2 aromatic rings. The number of rotatable bonds is 8. The molecule has 21 heavy (non-hydrogen) atoms. The Morgan fingerprint density at radius 2 is 2.00 bits per heavy atom. The molecule has 0 aliphatic carbocycles. The maximum absolute atomic E-state index is 5.12. The molecule has 2 rings (SSSR count). The van der Waals surface area contributed by atoms with E-state index in [0.29, 0.717) is 30.4 Å². The zero-order valence-corrected chi connectivity index (χ0v) is 12.6. The van der Waals surface area contributed by atoms with Crippen LogP contribution in [0.2, 0.25) is 0 Å². The topological polar surface area (TPSA) is 89.8 Å². The van der Waals surface area contributed by atoms with Crippen molar-refractivity contribution >= 4 is 11.9 Å². The third kappa shape index (κ3) is 4.38. The van der Waals surface area contributed by atoms with Crippen LogP contribution in [0.4, 0.5) is 11.9 Å². The minimum atomic E-state index is 0.363. The van der Waals surface area contributed by atoms with Crippen molar-refractivity contribution < 1.29 is 4.74 Å².